The Balaban J connectivity index is 1.90. The quantitative estimate of drug-likeness (QED) is 0.656. The number of hydrogen-bond donors (Lipinski definition) is 0. The Morgan fingerprint density at radius 3 is 2.56 bits per heavy atom. The standard InChI is InChI=1S/C20H23ClN4/c1-13-8-10-24(11-9-13)18-12-14(2)22-20-19(15(3)23-25(18)20)16-6-4-5-7-17(16)21/h4-7,12-13H,8-11H2,1-3H3. The summed E-state index contributed by atoms with van der Waals surface area (Å²) >= 11 is 6.46. The maximum absolute atomic E-state index is 6.46. The third kappa shape index (κ3) is 2.89. The highest BCUT2D eigenvalue weighted by atomic mass is 35.5. The summed E-state index contributed by atoms with van der Waals surface area (Å²) < 4.78 is 2.00. The minimum absolute atomic E-state index is 0.733. The van der Waals surface area contributed by atoms with E-state index in [9.17, 15) is 0 Å². The molecule has 0 saturated carbocycles. The zero-order chi connectivity index (χ0) is 17.6. The number of nitrogens with zero attached hydrogens (tertiary/aromatic N) is 4. The van der Waals surface area contributed by atoms with Crippen molar-refractivity contribution in [2.45, 2.75) is 33.6 Å². The second-order valence-corrected chi connectivity index (χ2v) is 7.51. The first-order chi connectivity index (χ1) is 12.0. The largest absolute Gasteiger partial charge is 0.356 e. The van der Waals surface area contributed by atoms with Crippen molar-refractivity contribution in [3.8, 4) is 11.1 Å². The van der Waals surface area contributed by atoms with Gasteiger partial charge in [0.15, 0.2) is 5.65 Å². The van der Waals surface area contributed by atoms with Crippen LogP contribution in [0.5, 0.6) is 0 Å². The van der Waals surface area contributed by atoms with E-state index in [4.69, 9.17) is 21.7 Å². The molecule has 0 atom stereocenters. The molecule has 5 heteroatoms. The molecule has 2 aromatic heterocycles. The molecule has 0 amide bonds. The van der Waals surface area contributed by atoms with Gasteiger partial charge in [0.25, 0.3) is 0 Å². The van der Waals surface area contributed by atoms with Crippen LogP contribution in [0.25, 0.3) is 16.8 Å². The Hall–Kier alpha value is -2.07. The molecule has 4 nitrogen and oxygen atoms in total. The molecule has 1 aromatic carbocycles. The van der Waals surface area contributed by atoms with Gasteiger partial charge in [-0.05, 0) is 38.7 Å². The first-order valence-electron chi connectivity index (χ1n) is 8.91. The van der Waals surface area contributed by atoms with Gasteiger partial charge < -0.3 is 4.90 Å². The van der Waals surface area contributed by atoms with Gasteiger partial charge in [0, 0.05) is 35.4 Å². The molecular weight excluding hydrogens is 332 g/mol. The summed E-state index contributed by atoms with van der Waals surface area (Å²) in [5.74, 6) is 1.93. The molecule has 1 aliphatic heterocycles. The molecule has 1 aliphatic rings. The van der Waals surface area contributed by atoms with Crippen LogP contribution in [0.15, 0.2) is 30.3 Å². The smallest absolute Gasteiger partial charge is 0.165 e. The molecule has 0 radical (unpaired) electrons. The fourth-order valence-corrected chi connectivity index (χ4v) is 3.90. The van der Waals surface area contributed by atoms with E-state index >= 15 is 0 Å². The first kappa shape index (κ1) is 16.4. The van der Waals surface area contributed by atoms with Crippen molar-refractivity contribution in [2.24, 2.45) is 5.92 Å². The summed E-state index contributed by atoms with van der Waals surface area (Å²) in [4.78, 5) is 7.23. The molecule has 0 aliphatic carbocycles. The van der Waals surface area contributed by atoms with E-state index in [-0.39, 0.29) is 0 Å². The molecule has 3 aromatic rings. The molecule has 130 valence electrons. The van der Waals surface area contributed by atoms with E-state index < -0.39 is 0 Å². The SMILES string of the molecule is Cc1cc(N2CCC(C)CC2)n2nc(C)c(-c3ccccc3Cl)c2n1. The van der Waals surface area contributed by atoms with Gasteiger partial charge in [-0.25, -0.2) is 4.98 Å². The fraction of sp³-hybridized carbons (Fsp3) is 0.400. The van der Waals surface area contributed by atoms with Crippen molar-refractivity contribution in [2.75, 3.05) is 18.0 Å². The highest BCUT2D eigenvalue weighted by Gasteiger charge is 2.22. The summed E-state index contributed by atoms with van der Waals surface area (Å²) in [7, 11) is 0. The van der Waals surface area contributed by atoms with E-state index in [0.717, 1.165) is 58.0 Å². The van der Waals surface area contributed by atoms with Gasteiger partial charge in [-0.2, -0.15) is 9.61 Å². The number of benzene rings is 1. The minimum atomic E-state index is 0.733. The second-order valence-electron chi connectivity index (χ2n) is 7.10. The van der Waals surface area contributed by atoms with E-state index in [2.05, 4.69) is 24.8 Å². The Morgan fingerprint density at radius 1 is 1.12 bits per heavy atom. The van der Waals surface area contributed by atoms with E-state index in [1.54, 1.807) is 0 Å². The number of hydrogen-bond acceptors (Lipinski definition) is 3. The molecule has 1 fully saturated rings. The minimum Gasteiger partial charge on any atom is -0.356 e. The third-order valence-corrected chi connectivity index (χ3v) is 5.45. The second kappa shape index (κ2) is 6.34. The van der Waals surface area contributed by atoms with Gasteiger partial charge in [-0.15, -0.1) is 0 Å². The number of halogens is 1. The molecule has 4 rings (SSSR count). The monoisotopic (exact) mass is 354 g/mol. The first-order valence-corrected chi connectivity index (χ1v) is 9.29. The lowest BCUT2D eigenvalue weighted by Crippen LogP contribution is -2.34. The van der Waals surface area contributed by atoms with E-state index in [1.165, 1.54) is 12.8 Å². The lowest BCUT2D eigenvalue weighted by molar-refractivity contribution is 0.435. The van der Waals surface area contributed by atoms with Crippen molar-refractivity contribution >= 4 is 23.1 Å². The molecular formula is C20H23ClN4. The number of piperidine rings is 1. The van der Waals surface area contributed by atoms with Crippen molar-refractivity contribution in [3.05, 3.63) is 46.7 Å². The highest BCUT2D eigenvalue weighted by molar-refractivity contribution is 6.33. The van der Waals surface area contributed by atoms with Crippen molar-refractivity contribution in [1.29, 1.82) is 0 Å². The number of aromatic nitrogens is 3. The summed E-state index contributed by atoms with van der Waals surface area (Å²) in [5.41, 5.74) is 4.88. The van der Waals surface area contributed by atoms with Gasteiger partial charge in [-0.1, -0.05) is 36.7 Å². The Bertz CT molecular complexity index is 923. The zero-order valence-electron chi connectivity index (χ0n) is 15.0. The van der Waals surface area contributed by atoms with Gasteiger partial charge in [-0.3, -0.25) is 0 Å². The molecule has 25 heavy (non-hydrogen) atoms. The number of fused-ring (bicyclic) bond motifs is 1. The van der Waals surface area contributed by atoms with Crippen LogP contribution in [-0.2, 0) is 0 Å². The third-order valence-electron chi connectivity index (χ3n) is 5.12. The number of aryl methyl sites for hydroxylation is 2. The Morgan fingerprint density at radius 2 is 1.84 bits per heavy atom. The van der Waals surface area contributed by atoms with Crippen LogP contribution >= 0.6 is 11.6 Å². The Kier molecular flexibility index (Phi) is 4.16. The lowest BCUT2D eigenvalue weighted by atomic mass is 9.99. The van der Waals surface area contributed by atoms with Crippen LogP contribution in [0.2, 0.25) is 5.02 Å². The summed E-state index contributed by atoms with van der Waals surface area (Å²) in [6, 6.07) is 10.1. The molecule has 3 heterocycles. The Labute approximate surface area is 153 Å². The van der Waals surface area contributed by atoms with Crippen LogP contribution in [-0.4, -0.2) is 27.7 Å². The summed E-state index contributed by atoms with van der Waals surface area (Å²) in [6.45, 7) is 8.55. The van der Waals surface area contributed by atoms with E-state index in [0.29, 0.717) is 0 Å². The van der Waals surface area contributed by atoms with Crippen LogP contribution in [0.1, 0.15) is 31.2 Å². The maximum Gasteiger partial charge on any atom is 0.165 e. The van der Waals surface area contributed by atoms with Gasteiger partial charge in [0.1, 0.15) is 5.82 Å². The molecule has 0 unspecified atom stereocenters. The van der Waals surface area contributed by atoms with E-state index in [1.807, 2.05) is 35.7 Å². The van der Waals surface area contributed by atoms with Gasteiger partial charge in [0.05, 0.1) is 11.3 Å². The zero-order valence-corrected chi connectivity index (χ0v) is 15.7. The molecule has 0 N–H and O–H groups in total. The molecule has 1 saturated heterocycles. The van der Waals surface area contributed by atoms with Crippen LogP contribution in [0.3, 0.4) is 0 Å². The van der Waals surface area contributed by atoms with Gasteiger partial charge >= 0.3 is 0 Å². The normalized spacial score (nSPS) is 15.9. The van der Waals surface area contributed by atoms with Gasteiger partial charge in [0.2, 0.25) is 0 Å². The van der Waals surface area contributed by atoms with Crippen LogP contribution in [0, 0.1) is 19.8 Å². The average Bonchev–Trinajstić information content (AvgIpc) is 2.91. The lowest BCUT2D eigenvalue weighted by Gasteiger charge is -2.32. The maximum atomic E-state index is 6.46. The molecule has 0 spiro atoms. The highest BCUT2D eigenvalue weighted by Crippen LogP contribution is 2.35. The fourth-order valence-electron chi connectivity index (χ4n) is 3.67. The topological polar surface area (TPSA) is 33.4 Å². The van der Waals surface area contributed by atoms with Crippen molar-refractivity contribution < 1.29 is 0 Å². The van der Waals surface area contributed by atoms with Crippen LogP contribution < -0.4 is 4.90 Å². The predicted octanol–water partition coefficient (Wildman–Crippen LogP) is 4.90. The number of rotatable bonds is 2. The summed E-state index contributed by atoms with van der Waals surface area (Å²) in [6.07, 6.45) is 2.45. The average molecular weight is 355 g/mol. The van der Waals surface area contributed by atoms with Crippen LogP contribution in [0.4, 0.5) is 5.82 Å². The van der Waals surface area contributed by atoms with Crippen molar-refractivity contribution in [3.63, 3.8) is 0 Å². The number of anilines is 1. The van der Waals surface area contributed by atoms with Crippen molar-refractivity contribution in [1.82, 2.24) is 14.6 Å². The summed E-state index contributed by atoms with van der Waals surface area (Å²) in [5, 5.41) is 5.55. The predicted molar refractivity (Wildman–Crippen MR) is 104 cm³/mol. The molecule has 0 bridgehead atoms.